The van der Waals surface area contributed by atoms with Gasteiger partial charge in [-0.2, -0.15) is 0 Å². The van der Waals surface area contributed by atoms with E-state index in [1.807, 2.05) is 49.7 Å². The van der Waals surface area contributed by atoms with Crippen LogP contribution in [0.2, 0.25) is 0 Å². The van der Waals surface area contributed by atoms with Crippen molar-refractivity contribution in [2.45, 2.75) is 20.3 Å². The number of carboxylic acids is 1. The molecule has 1 heterocycles. The number of carboxylic acid groups (broad SMARTS) is 1. The third kappa shape index (κ3) is 2.27. The Morgan fingerprint density at radius 2 is 1.89 bits per heavy atom. The van der Waals surface area contributed by atoms with Gasteiger partial charge >= 0.3 is 5.97 Å². The molecule has 0 radical (unpaired) electrons. The molecule has 1 aromatic carbocycles. The third-order valence-corrected chi connectivity index (χ3v) is 3.04. The highest BCUT2D eigenvalue weighted by Gasteiger charge is 2.15. The summed E-state index contributed by atoms with van der Waals surface area (Å²) < 4.78 is 1.86. The van der Waals surface area contributed by atoms with Crippen LogP contribution >= 0.6 is 0 Å². The second-order valence-electron chi connectivity index (χ2n) is 4.46. The zero-order chi connectivity index (χ0) is 13.3. The average Bonchev–Trinajstić information content (AvgIpc) is 2.58. The van der Waals surface area contributed by atoms with Crippen molar-refractivity contribution in [1.29, 1.82) is 0 Å². The van der Waals surface area contributed by atoms with Gasteiger partial charge in [0.25, 0.3) is 0 Å². The summed E-state index contributed by atoms with van der Waals surface area (Å²) in [7, 11) is 1.85. The molecule has 94 valence electrons. The van der Waals surface area contributed by atoms with Gasteiger partial charge in [0, 0.05) is 12.6 Å². The summed E-state index contributed by atoms with van der Waals surface area (Å²) >= 11 is 0. The van der Waals surface area contributed by atoms with E-state index < -0.39 is 5.97 Å². The van der Waals surface area contributed by atoms with Crippen molar-refractivity contribution in [3.8, 4) is 11.4 Å². The second kappa shape index (κ2) is 4.64. The molecule has 2 aromatic rings. The minimum atomic E-state index is -0.837. The largest absolute Gasteiger partial charge is 0.481 e. The van der Waals surface area contributed by atoms with Gasteiger partial charge in [0.1, 0.15) is 5.82 Å². The van der Waals surface area contributed by atoms with Gasteiger partial charge in [-0.05, 0) is 13.8 Å². The topological polar surface area (TPSA) is 55.1 Å². The third-order valence-electron chi connectivity index (χ3n) is 3.04. The molecule has 0 saturated heterocycles. The van der Waals surface area contributed by atoms with Crippen LogP contribution in [0.25, 0.3) is 11.4 Å². The zero-order valence-corrected chi connectivity index (χ0v) is 10.8. The summed E-state index contributed by atoms with van der Waals surface area (Å²) in [5.74, 6) is -0.0275. The molecule has 0 aliphatic heterocycles. The monoisotopic (exact) mass is 244 g/mol. The van der Waals surface area contributed by atoms with Crippen LogP contribution in [-0.4, -0.2) is 20.6 Å². The lowest BCUT2D eigenvalue weighted by Crippen LogP contribution is -2.07. The summed E-state index contributed by atoms with van der Waals surface area (Å²) in [4.78, 5) is 15.3. The Hall–Kier alpha value is -2.10. The van der Waals surface area contributed by atoms with Gasteiger partial charge in [-0.1, -0.05) is 29.8 Å². The predicted octanol–water partition coefficient (Wildman–Crippen LogP) is 2.33. The Morgan fingerprint density at radius 1 is 1.28 bits per heavy atom. The molecular formula is C14H16N2O2. The minimum Gasteiger partial charge on any atom is -0.481 e. The lowest BCUT2D eigenvalue weighted by molar-refractivity contribution is -0.136. The molecule has 0 amide bonds. The van der Waals surface area contributed by atoms with E-state index in [0.717, 1.165) is 22.8 Å². The van der Waals surface area contributed by atoms with Crippen molar-refractivity contribution in [2.75, 3.05) is 0 Å². The molecule has 2 rings (SSSR count). The van der Waals surface area contributed by atoms with Crippen LogP contribution in [0, 0.1) is 13.8 Å². The molecule has 1 aromatic heterocycles. The maximum Gasteiger partial charge on any atom is 0.309 e. The first-order chi connectivity index (χ1) is 8.49. The van der Waals surface area contributed by atoms with E-state index in [2.05, 4.69) is 4.98 Å². The molecule has 4 heteroatoms. The number of imidazole rings is 1. The number of hydrogen-bond acceptors (Lipinski definition) is 2. The van der Waals surface area contributed by atoms with E-state index in [4.69, 9.17) is 5.11 Å². The quantitative estimate of drug-likeness (QED) is 0.901. The molecule has 18 heavy (non-hydrogen) atoms. The number of aryl methyl sites for hydroxylation is 2. The van der Waals surface area contributed by atoms with Crippen molar-refractivity contribution in [3.05, 3.63) is 41.2 Å². The molecular weight excluding hydrogens is 228 g/mol. The fourth-order valence-electron chi connectivity index (χ4n) is 2.02. The van der Waals surface area contributed by atoms with E-state index in [1.165, 1.54) is 5.56 Å². The number of aliphatic carboxylic acids is 1. The van der Waals surface area contributed by atoms with Crippen LogP contribution < -0.4 is 0 Å². The van der Waals surface area contributed by atoms with E-state index >= 15 is 0 Å². The van der Waals surface area contributed by atoms with E-state index in [-0.39, 0.29) is 6.42 Å². The van der Waals surface area contributed by atoms with Gasteiger partial charge in [0.15, 0.2) is 0 Å². The van der Waals surface area contributed by atoms with Crippen LogP contribution in [-0.2, 0) is 18.3 Å². The Bertz CT molecular complexity index is 583. The number of aromatic nitrogens is 2. The normalized spacial score (nSPS) is 10.6. The first-order valence-corrected chi connectivity index (χ1v) is 5.80. The van der Waals surface area contributed by atoms with Crippen LogP contribution in [0.15, 0.2) is 24.3 Å². The number of benzene rings is 1. The fraction of sp³-hybridized carbons (Fsp3) is 0.286. The minimum absolute atomic E-state index is 0.00119. The molecule has 0 saturated carbocycles. The Morgan fingerprint density at radius 3 is 2.44 bits per heavy atom. The maximum absolute atomic E-state index is 10.8. The first-order valence-electron chi connectivity index (χ1n) is 5.80. The van der Waals surface area contributed by atoms with E-state index in [0.29, 0.717) is 0 Å². The highest BCUT2D eigenvalue weighted by molar-refractivity contribution is 5.70. The van der Waals surface area contributed by atoms with Crippen LogP contribution in [0.4, 0.5) is 0 Å². The van der Waals surface area contributed by atoms with Crippen molar-refractivity contribution in [1.82, 2.24) is 9.55 Å². The zero-order valence-electron chi connectivity index (χ0n) is 10.8. The second-order valence-corrected chi connectivity index (χ2v) is 4.46. The van der Waals surface area contributed by atoms with Crippen LogP contribution in [0.1, 0.15) is 17.0 Å². The highest BCUT2D eigenvalue weighted by atomic mass is 16.4. The lowest BCUT2D eigenvalue weighted by Gasteiger charge is -2.05. The molecule has 0 aliphatic rings. The standard InChI is InChI=1S/C14H16N2O2/c1-9-4-6-11(7-5-9)14-15-10(2)12(16(14)3)8-13(17)18/h4-7H,8H2,1-3H3,(H,17,18). The van der Waals surface area contributed by atoms with Crippen LogP contribution in [0.5, 0.6) is 0 Å². The molecule has 0 spiro atoms. The van der Waals surface area contributed by atoms with Gasteiger partial charge < -0.3 is 9.67 Å². The van der Waals surface area contributed by atoms with E-state index in [9.17, 15) is 4.79 Å². The van der Waals surface area contributed by atoms with Gasteiger partial charge in [-0.25, -0.2) is 4.98 Å². The molecule has 1 N–H and O–H groups in total. The molecule has 0 unspecified atom stereocenters. The van der Waals surface area contributed by atoms with Gasteiger partial charge in [0.05, 0.1) is 17.8 Å². The molecule has 0 bridgehead atoms. The number of nitrogens with zero attached hydrogens (tertiary/aromatic N) is 2. The Kier molecular flexibility index (Phi) is 3.19. The Labute approximate surface area is 106 Å². The summed E-state index contributed by atoms with van der Waals surface area (Å²) in [5, 5.41) is 8.89. The smallest absolute Gasteiger partial charge is 0.309 e. The number of carbonyl (C=O) groups is 1. The predicted molar refractivity (Wildman–Crippen MR) is 69.5 cm³/mol. The van der Waals surface area contributed by atoms with E-state index in [1.54, 1.807) is 0 Å². The Balaban J connectivity index is 2.46. The van der Waals surface area contributed by atoms with Crippen molar-refractivity contribution in [2.24, 2.45) is 7.05 Å². The lowest BCUT2D eigenvalue weighted by atomic mass is 10.1. The van der Waals surface area contributed by atoms with Crippen molar-refractivity contribution < 1.29 is 9.90 Å². The summed E-state index contributed by atoms with van der Waals surface area (Å²) in [5.41, 5.74) is 3.71. The molecule has 0 aliphatic carbocycles. The molecule has 0 atom stereocenters. The summed E-state index contributed by atoms with van der Waals surface area (Å²) in [6.07, 6.45) is 0.00119. The summed E-state index contributed by atoms with van der Waals surface area (Å²) in [6, 6.07) is 8.05. The first kappa shape index (κ1) is 12.4. The summed E-state index contributed by atoms with van der Waals surface area (Å²) in [6.45, 7) is 3.87. The van der Waals surface area contributed by atoms with Crippen molar-refractivity contribution >= 4 is 5.97 Å². The van der Waals surface area contributed by atoms with Crippen LogP contribution in [0.3, 0.4) is 0 Å². The maximum atomic E-state index is 10.8. The average molecular weight is 244 g/mol. The molecule has 0 fully saturated rings. The van der Waals surface area contributed by atoms with Crippen molar-refractivity contribution in [3.63, 3.8) is 0 Å². The molecule has 4 nitrogen and oxygen atoms in total. The number of hydrogen-bond donors (Lipinski definition) is 1. The highest BCUT2D eigenvalue weighted by Crippen LogP contribution is 2.21. The number of rotatable bonds is 3. The van der Waals surface area contributed by atoms with Gasteiger partial charge in [0.2, 0.25) is 0 Å². The SMILES string of the molecule is Cc1ccc(-c2nc(C)c(CC(=O)O)n2C)cc1. The van der Waals surface area contributed by atoms with Gasteiger partial charge in [-0.15, -0.1) is 0 Å². The van der Waals surface area contributed by atoms with Gasteiger partial charge in [-0.3, -0.25) is 4.79 Å². The fourth-order valence-corrected chi connectivity index (χ4v) is 2.02.